The van der Waals surface area contributed by atoms with Crippen LogP contribution in [0.4, 0.5) is 9.52 Å². The summed E-state index contributed by atoms with van der Waals surface area (Å²) in [6.45, 7) is -0.440. The minimum Gasteiger partial charge on any atom is -0.482 e. The van der Waals surface area contributed by atoms with E-state index in [1.165, 1.54) is 29.5 Å². The number of nitrogens with zero attached hydrogens (tertiary/aromatic N) is 1. The highest BCUT2D eigenvalue weighted by Gasteiger charge is 2.13. The van der Waals surface area contributed by atoms with Gasteiger partial charge in [0.25, 0.3) is 5.91 Å². The van der Waals surface area contributed by atoms with Gasteiger partial charge >= 0.3 is 5.97 Å². The molecule has 3 rings (SSSR count). The maximum atomic E-state index is 13.7. The lowest BCUT2D eigenvalue weighted by atomic mass is 10.2. The van der Waals surface area contributed by atoms with Crippen LogP contribution in [0.15, 0.2) is 53.9 Å². The number of ether oxygens (including phenoxy) is 1. The lowest BCUT2D eigenvalue weighted by Crippen LogP contribution is -2.13. The Balaban J connectivity index is 1.74. The number of anilines is 1. The number of thiazole rings is 1. The number of carboxylic acids is 1. The van der Waals surface area contributed by atoms with Crippen molar-refractivity contribution < 1.29 is 23.8 Å². The molecule has 1 amide bonds. The predicted octanol–water partition coefficient (Wildman–Crippen LogP) is 3.66. The highest BCUT2D eigenvalue weighted by Crippen LogP contribution is 2.28. The first kappa shape index (κ1) is 17.6. The number of aliphatic carboxylic acids is 1. The molecule has 2 N–H and O–H groups in total. The van der Waals surface area contributed by atoms with Gasteiger partial charge in [-0.15, -0.1) is 11.3 Å². The third-order valence-electron chi connectivity index (χ3n) is 3.34. The molecule has 1 aromatic heterocycles. The fraction of sp³-hybridized carbons (Fsp3) is 0.0556. The van der Waals surface area contributed by atoms with Crippen LogP contribution < -0.4 is 10.1 Å². The molecule has 26 heavy (non-hydrogen) atoms. The normalized spacial score (nSPS) is 10.3. The first-order chi connectivity index (χ1) is 12.5. The van der Waals surface area contributed by atoms with Crippen molar-refractivity contribution >= 4 is 28.3 Å². The van der Waals surface area contributed by atoms with Crippen molar-refractivity contribution in [3.05, 3.63) is 65.3 Å². The van der Waals surface area contributed by atoms with Gasteiger partial charge in [-0.2, -0.15) is 0 Å². The Morgan fingerprint density at radius 1 is 1.19 bits per heavy atom. The van der Waals surface area contributed by atoms with Crippen LogP contribution in [0.2, 0.25) is 0 Å². The molecule has 0 aliphatic heterocycles. The summed E-state index contributed by atoms with van der Waals surface area (Å²) in [4.78, 5) is 27.0. The quantitative estimate of drug-likeness (QED) is 0.689. The van der Waals surface area contributed by atoms with Gasteiger partial charge in [-0.05, 0) is 24.3 Å². The Morgan fingerprint density at radius 2 is 2.00 bits per heavy atom. The topological polar surface area (TPSA) is 88.5 Å². The van der Waals surface area contributed by atoms with Crippen molar-refractivity contribution in [1.29, 1.82) is 0 Å². The standard InChI is InChI=1S/C18H13FN2O4S/c19-14-7-2-1-6-13(14)17(24)21-18-20-15(10-26-18)11-4-3-5-12(8-11)25-9-16(22)23/h1-8,10H,9H2,(H,22,23)(H,20,21,24). The maximum absolute atomic E-state index is 13.7. The molecule has 132 valence electrons. The summed E-state index contributed by atoms with van der Waals surface area (Å²) in [5.41, 5.74) is 1.23. The molecular weight excluding hydrogens is 359 g/mol. The highest BCUT2D eigenvalue weighted by atomic mass is 32.1. The average molecular weight is 372 g/mol. The van der Waals surface area contributed by atoms with E-state index in [4.69, 9.17) is 9.84 Å². The van der Waals surface area contributed by atoms with E-state index >= 15 is 0 Å². The summed E-state index contributed by atoms with van der Waals surface area (Å²) < 4.78 is 18.8. The van der Waals surface area contributed by atoms with Gasteiger partial charge in [0.1, 0.15) is 11.6 Å². The molecule has 2 aromatic carbocycles. The highest BCUT2D eigenvalue weighted by molar-refractivity contribution is 7.14. The third-order valence-corrected chi connectivity index (χ3v) is 4.09. The van der Waals surface area contributed by atoms with Gasteiger partial charge in [0.05, 0.1) is 11.3 Å². The number of halogens is 1. The zero-order chi connectivity index (χ0) is 18.5. The van der Waals surface area contributed by atoms with E-state index in [0.29, 0.717) is 22.1 Å². The first-order valence-corrected chi connectivity index (χ1v) is 8.37. The minimum absolute atomic E-state index is 0.0617. The van der Waals surface area contributed by atoms with Gasteiger partial charge in [-0.3, -0.25) is 10.1 Å². The van der Waals surface area contributed by atoms with Crippen molar-refractivity contribution in [2.75, 3.05) is 11.9 Å². The fourth-order valence-corrected chi connectivity index (χ4v) is 2.88. The Hall–Kier alpha value is -3.26. The molecule has 0 radical (unpaired) electrons. The first-order valence-electron chi connectivity index (χ1n) is 7.49. The van der Waals surface area contributed by atoms with E-state index < -0.39 is 24.3 Å². The molecule has 0 atom stereocenters. The summed E-state index contributed by atoms with van der Waals surface area (Å²) in [5, 5.41) is 13.3. The van der Waals surface area contributed by atoms with Crippen LogP contribution in [0.25, 0.3) is 11.3 Å². The van der Waals surface area contributed by atoms with Crippen LogP contribution in [-0.2, 0) is 4.79 Å². The molecule has 0 bridgehead atoms. The summed E-state index contributed by atoms with van der Waals surface area (Å²) in [5.74, 6) is -1.86. The van der Waals surface area contributed by atoms with Crippen LogP contribution in [0.3, 0.4) is 0 Å². The van der Waals surface area contributed by atoms with Crippen LogP contribution >= 0.6 is 11.3 Å². The molecule has 0 unspecified atom stereocenters. The average Bonchev–Trinajstić information content (AvgIpc) is 3.09. The second-order valence-corrected chi connectivity index (χ2v) is 6.04. The number of nitrogens with one attached hydrogen (secondary N) is 1. The fourth-order valence-electron chi connectivity index (χ4n) is 2.16. The number of rotatable bonds is 6. The zero-order valence-corrected chi connectivity index (χ0v) is 14.1. The molecule has 6 nitrogen and oxygen atoms in total. The minimum atomic E-state index is -1.07. The van der Waals surface area contributed by atoms with Crippen LogP contribution in [-0.4, -0.2) is 28.6 Å². The van der Waals surface area contributed by atoms with Gasteiger partial charge in [0.15, 0.2) is 11.7 Å². The summed E-state index contributed by atoms with van der Waals surface area (Å²) in [6, 6.07) is 12.5. The largest absolute Gasteiger partial charge is 0.482 e. The summed E-state index contributed by atoms with van der Waals surface area (Å²) in [7, 11) is 0. The lowest BCUT2D eigenvalue weighted by molar-refractivity contribution is -0.139. The van der Waals surface area contributed by atoms with Crippen LogP contribution in [0.1, 0.15) is 10.4 Å². The van der Waals surface area contributed by atoms with Crippen molar-refractivity contribution in [3.8, 4) is 17.0 Å². The molecular formula is C18H13FN2O4S. The summed E-state index contributed by atoms with van der Waals surface area (Å²) in [6.07, 6.45) is 0. The Kier molecular flexibility index (Phi) is 5.23. The van der Waals surface area contributed by atoms with Gasteiger partial charge in [0.2, 0.25) is 0 Å². The van der Waals surface area contributed by atoms with Crippen LogP contribution in [0, 0.1) is 5.82 Å². The number of aromatic nitrogens is 1. The van der Waals surface area contributed by atoms with E-state index in [-0.39, 0.29) is 5.56 Å². The molecule has 0 spiro atoms. The molecule has 0 fully saturated rings. The van der Waals surface area contributed by atoms with Crippen molar-refractivity contribution in [2.24, 2.45) is 0 Å². The van der Waals surface area contributed by atoms with E-state index in [1.54, 1.807) is 35.7 Å². The Bertz CT molecular complexity index is 958. The molecule has 0 saturated heterocycles. The van der Waals surface area contributed by atoms with E-state index in [1.807, 2.05) is 0 Å². The summed E-state index contributed by atoms with van der Waals surface area (Å²) >= 11 is 1.20. The van der Waals surface area contributed by atoms with E-state index in [9.17, 15) is 14.0 Å². The lowest BCUT2D eigenvalue weighted by Gasteiger charge is -2.05. The van der Waals surface area contributed by atoms with Crippen molar-refractivity contribution in [2.45, 2.75) is 0 Å². The van der Waals surface area contributed by atoms with Gasteiger partial charge in [0, 0.05) is 10.9 Å². The number of carbonyl (C=O) groups excluding carboxylic acids is 1. The zero-order valence-electron chi connectivity index (χ0n) is 13.3. The molecule has 8 heteroatoms. The number of benzene rings is 2. The Morgan fingerprint density at radius 3 is 2.77 bits per heavy atom. The predicted molar refractivity (Wildman–Crippen MR) is 95.0 cm³/mol. The second kappa shape index (κ2) is 7.75. The monoisotopic (exact) mass is 372 g/mol. The molecule has 3 aromatic rings. The second-order valence-electron chi connectivity index (χ2n) is 5.18. The van der Waals surface area contributed by atoms with E-state index in [2.05, 4.69) is 10.3 Å². The van der Waals surface area contributed by atoms with Gasteiger partial charge in [-0.25, -0.2) is 14.2 Å². The number of carboxylic acid groups (broad SMARTS) is 1. The van der Waals surface area contributed by atoms with Crippen molar-refractivity contribution in [3.63, 3.8) is 0 Å². The van der Waals surface area contributed by atoms with Crippen molar-refractivity contribution in [1.82, 2.24) is 4.98 Å². The smallest absolute Gasteiger partial charge is 0.341 e. The van der Waals surface area contributed by atoms with Gasteiger partial charge < -0.3 is 9.84 Å². The Labute approximate surface area is 151 Å². The number of amides is 1. The van der Waals surface area contributed by atoms with Gasteiger partial charge in [-0.1, -0.05) is 24.3 Å². The maximum Gasteiger partial charge on any atom is 0.341 e. The van der Waals surface area contributed by atoms with E-state index in [0.717, 1.165) is 0 Å². The molecule has 0 aliphatic carbocycles. The third kappa shape index (κ3) is 4.22. The number of hydrogen-bond acceptors (Lipinski definition) is 5. The number of hydrogen-bond donors (Lipinski definition) is 2. The number of carbonyl (C=O) groups is 2. The SMILES string of the molecule is O=C(O)COc1cccc(-c2csc(NC(=O)c3ccccc3F)n2)c1. The molecule has 1 heterocycles. The molecule has 0 aliphatic rings. The van der Waals surface area contributed by atoms with Crippen LogP contribution in [0.5, 0.6) is 5.75 Å². The molecule has 0 saturated carbocycles.